The fourth-order valence-corrected chi connectivity index (χ4v) is 9.94. The van der Waals surface area contributed by atoms with Crippen molar-refractivity contribution in [1.82, 2.24) is 31.5 Å². The minimum Gasteiger partial charge on any atom is -0.395 e. The van der Waals surface area contributed by atoms with Crippen LogP contribution in [0.2, 0.25) is 0 Å². The molecule has 17 nitrogen and oxygen atoms in total. The third-order valence-corrected chi connectivity index (χ3v) is 14.5. The smallest absolute Gasteiger partial charge is 0.248 e. The number of nitrogens with zero attached hydrogens (tertiary/aromatic N) is 1. The van der Waals surface area contributed by atoms with Crippen molar-refractivity contribution in [3.05, 3.63) is 12.2 Å². The Kier molecular flexibility index (Phi) is 34.1. The quantitative estimate of drug-likeness (QED) is 0.0237. The Labute approximate surface area is 439 Å². The molecule has 2 rings (SSSR count). The molecule has 2 saturated heterocycles. The number of likely N-dealkylation sites (tertiary alicyclic amines) is 1. The van der Waals surface area contributed by atoms with Gasteiger partial charge in [-0.05, 0) is 70.6 Å². The van der Waals surface area contributed by atoms with E-state index in [1.807, 2.05) is 6.92 Å². The summed E-state index contributed by atoms with van der Waals surface area (Å²) in [6, 6.07) is -6.36. The molecular weight excluding hydrogens is 931 g/mol. The SMILES string of the molecule is CCCCCCC/C=C\CCCCCCCC(=O)N[C@H](C(=O)N1C[C@H](C)C[C@H]1C(=O)N[C@H](C(=O)N[C@@H](CC(N)=O)C(=O)N[C@@H](C)[C@H]1N[C@@H](CO)[C@H](O)[C@@H](CCCCCCCCCCCCC)O1)C(C)C)[C@@H](C)O. The van der Waals surface area contributed by atoms with E-state index in [4.69, 9.17) is 10.5 Å². The van der Waals surface area contributed by atoms with Gasteiger partial charge >= 0.3 is 0 Å². The summed E-state index contributed by atoms with van der Waals surface area (Å²) in [4.78, 5) is 82.5. The lowest BCUT2D eigenvalue weighted by Gasteiger charge is -2.42. The summed E-state index contributed by atoms with van der Waals surface area (Å²) in [5, 5.41) is 45.8. The van der Waals surface area contributed by atoms with Crippen molar-refractivity contribution in [2.45, 2.75) is 283 Å². The van der Waals surface area contributed by atoms with Crippen LogP contribution in [-0.2, 0) is 33.5 Å². The molecule has 0 radical (unpaired) electrons. The topological polar surface area (TPSA) is 262 Å². The summed E-state index contributed by atoms with van der Waals surface area (Å²) in [6.45, 7) is 12.7. The second-order valence-electron chi connectivity index (χ2n) is 21.7. The van der Waals surface area contributed by atoms with Gasteiger partial charge in [0.15, 0.2) is 0 Å². The van der Waals surface area contributed by atoms with Crippen LogP contribution in [0.1, 0.15) is 222 Å². The number of rotatable bonds is 40. The summed E-state index contributed by atoms with van der Waals surface area (Å²) < 4.78 is 6.24. The largest absolute Gasteiger partial charge is 0.395 e. The minimum absolute atomic E-state index is 0.105. The van der Waals surface area contributed by atoms with Crippen molar-refractivity contribution >= 4 is 35.4 Å². The average Bonchev–Trinajstić information content (AvgIpc) is 3.75. The maximum Gasteiger partial charge on any atom is 0.248 e. The van der Waals surface area contributed by atoms with E-state index in [2.05, 4.69) is 52.6 Å². The number of amides is 6. The third-order valence-electron chi connectivity index (χ3n) is 14.5. The van der Waals surface area contributed by atoms with Gasteiger partial charge in [0.25, 0.3) is 0 Å². The van der Waals surface area contributed by atoms with Gasteiger partial charge in [-0.15, -0.1) is 0 Å². The highest BCUT2D eigenvalue weighted by molar-refractivity contribution is 5.97. The Hall–Kier alpha value is -3.64. The molecule has 0 aromatic rings. The van der Waals surface area contributed by atoms with E-state index in [0.717, 1.165) is 64.2 Å². The van der Waals surface area contributed by atoms with Crippen LogP contribution in [0.3, 0.4) is 0 Å². The number of primary amides is 1. The highest BCUT2D eigenvalue weighted by Gasteiger charge is 2.44. The first kappa shape index (κ1) is 65.5. The molecule has 2 aliphatic heterocycles. The zero-order valence-electron chi connectivity index (χ0n) is 46.3. The Morgan fingerprint density at radius 3 is 1.77 bits per heavy atom. The van der Waals surface area contributed by atoms with Crippen molar-refractivity contribution in [3.63, 3.8) is 0 Å². The van der Waals surface area contributed by atoms with Crippen molar-refractivity contribution < 1.29 is 48.8 Å². The normalized spacial score (nSPS) is 22.2. The summed E-state index contributed by atoms with van der Waals surface area (Å²) in [6.07, 6.45) is 27.7. The minimum atomic E-state index is -1.43. The lowest BCUT2D eigenvalue weighted by atomic mass is 9.97. The van der Waals surface area contributed by atoms with Gasteiger partial charge < -0.3 is 52.0 Å². The Morgan fingerprint density at radius 1 is 0.712 bits per heavy atom. The molecule has 2 fully saturated rings. The zero-order valence-corrected chi connectivity index (χ0v) is 46.3. The van der Waals surface area contributed by atoms with Gasteiger partial charge in [-0.1, -0.05) is 162 Å². The van der Waals surface area contributed by atoms with E-state index in [1.54, 1.807) is 20.8 Å². The lowest BCUT2D eigenvalue weighted by Crippen LogP contribution is -2.66. The number of carbonyl (C=O) groups is 6. The second-order valence-corrected chi connectivity index (χ2v) is 21.7. The Balaban J connectivity index is 1.96. The van der Waals surface area contributed by atoms with Crippen LogP contribution in [0.15, 0.2) is 12.2 Å². The van der Waals surface area contributed by atoms with Crippen molar-refractivity contribution in [1.29, 1.82) is 0 Å². The predicted molar refractivity (Wildman–Crippen MR) is 288 cm³/mol. The first-order valence-electron chi connectivity index (χ1n) is 28.8. The molecular formula is C56H103N7O10. The van der Waals surface area contributed by atoms with Gasteiger partial charge in [0.05, 0.1) is 43.4 Å². The van der Waals surface area contributed by atoms with Crippen LogP contribution < -0.4 is 32.3 Å². The first-order valence-corrected chi connectivity index (χ1v) is 28.8. The molecule has 2 aliphatic rings. The fraction of sp³-hybridized carbons (Fsp3) is 0.857. The maximum atomic E-state index is 14.0. The van der Waals surface area contributed by atoms with Crippen LogP contribution in [0.5, 0.6) is 0 Å². The molecule has 73 heavy (non-hydrogen) atoms. The van der Waals surface area contributed by atoms with Crippen LogP contribution in [0.25, 0.3) is 0 Å². The van der Waals surface area contributed by atoms with Crippen LogP contribution in [0.4, 0.5) is 0 Å². The van der Waals surface area contributed by atoms with E-state index in [0.29, 0.717) is 12.8 Å². The molecule has 0 saturated carbocycles. The molecule has 0 aromatic carbocycles. The number of hydrogen-bond donors (Lipinski definition) is 9. The molecule has 2 heterocycles. The van der Waals surface area contributed by atoms with Crippen LogP contribution >= 0.6 is 0 Å². The molecule has 422 valence electrons. The number of unbranched alkanes of at least 4 members (excludes halogenated alkanes) is 20. The number of aliphatic hydroxyl groups is 3. The molecule has 10 N–H and O–H groups in total. The number of carbonyl (C=O) groups excluding carboxylic acids is 6. The van der Waals surface area contributed by atoms with Crippen LogP contribution in [0, 0.1) is 11.8 Å². The molecule has 0 spiro atoms. The van der Waals surface area contributed by atoms with E-state index < -0.39 is 103 Å². The number of nitrogens with two attached hydrogens (primary N) is 1. The molecule has 6 amide bonds. The number of ether oxygens (including phenoxy) is 1. The molecule has 0 unspecified atom stereocenters. The zero-order chi connectivity index (χ0) is 54.1. The highest BCUT2D eigenvalue weighted by atomic mass is 16.5. The maximum absolute atomic E-state index is 14.0. The first-order chi connectivity index (χ1) is 34.9. The molecule has 0 aliphatic carbocycles. The van der Waals surface area contributed by atoms with Gasteiger partial charge in [-0.2, -0.15) is 0 Å². The summed E-state index contributed by atoms with van der Waals surface area (Å²) in [5.41, 5.74) is 5.55. The number of nitrogens with one attached hydrogen (secondary N) is 5. The van der Waals surface area contributed by atoms with Gasteiger partial charge in [-0.3, -0.25) is 34.1 Å². The van der Waals surface area contributed by atoms with E-state index in [-0.39, 0.29) is 37.8 Å². The summed E-state index contributed by atoms with van der Waals surface area (Å²) >= 11 is 0. The predicted octanol–water partition coefficient (Wildman–Crippen LogP) is 6.48. The standard InChI is InChI=1S/C56H103N7O10/c1-8-10-12-14-16-18-20-21-22-24-26-28-30-32-34-48(67)61-50(42(7)65)56(72)63-37-40(5)35-45(63)53(70)62-49(39(3)4)54(71)59-43(36-47(57)66)52(69)58-41(6)55-60-44(38-64)51(68)46(73-55)33-31-29-27-25-23-19-17-15-13-11-9-2/h20-21,39-46,49-51,55,60,64-65,68H,8-19,22-38H2,1-7H3,(H2,57,66)(H,58,69)(H,59,71)(H,61,67)(H,62,70)/b21-20-/t40-,41+,42-,43+,44+,45+,46-,49+,50+,51+,55+/m1/s1. The van der Waals surface area contributed by atoms with Gasteiger partial charge in [-0.25, -0.2) is 0 Å². The fourth-order valence-electron chi connectivity index (χ4n) is 9.94. The van der Waals surface area contributed by atoms with Crippen LogP contribution in [-0.4, -0.2) is 130 Å². The molecule has 0 bridgehead atoms. The second kappa shape index (κ2) is 38.0. The number of aliphatic hydroxyl groups excluding tert-OH is 3. The van der Waals surface area contributed by atoms with Crippen molar-refractivity contribution in [3.8, 4) is 0 Å². The van der Waals surface area contributed by atoms with Gasteiger partial charge in [0.2, 0.25) is 35.4 Å². The monoisotopic (exact) mass is 1030 g/mol. The third kappa shape index (κ3) is 26.1. The number of hydrogen-bond acceptors (Lipinski definition) is 11. The van der Waals surface area contributed by atoms with Crippen molar-refractivity contribution in [2.75, 3.05) is 13.2 Å². The summed E-state index contributed by atoms with van der Waals surface area (Å²) in [5.74, 6) is -4.52. The Bertz CT molecular complexity index is 1620. The van der Waals surface area contributed by atoms with Gasteiger partial charge in [0.1, 0.15) is 30.4 Å². The molecule has 11 atom stereocenters. The Morgan fingerprint density at radius 2 is 1.25 bits per heavy atom. The lowest BCUT2D eigenvalue weighted by molar-refractivity contribution is -0.162. The number of allylic oxidation sites excluding steroid dienone is 2. The van der Waals surface area contributed by atoms with E-state index in [9.17, 15) is 44.1 Å². The molecule has 0 aromatic heterocycles. The average molecular weight is 1030 g/mol. The van der Waals surface area contributed by atoms with E-state index >= 15 is 0 Å². The van der Waals surface area contributed by atoms with Crippen molar-refractivity contribution in [2.24, 2.45) is 17.6 Å². The highest BCUT2D eigenvalue weighted by Crippen LogP contribution is 2.26. The molecule has 17 heteroatoms. The summed E-state index contributed by atoms with van der Waals surface area (Å²) in [7, 11) is 0. The van der Waals surface area contributed by atoms with E-state index in [1.165, 1.54) is 88.9 Å². The van der Waals surface area contributed by atoms with Gasteiger partial charge in [0, 0.05) is 13.0 Å².